The summed E-state index contributed by atoms with van der Waals surface area (Å²) in [7, 11) is 0. The summed E-state index contributed by atoms with van der Waals surface area (Å²) in [6.07, 6.45) is 3.95. The first kappa shape index (κ1) is 10.7. The van der Waals surface area contributed by atoms with Gasteiger partial charge in [-0.05, 0) is 38.4 Å². The molecule has 1 fully saturated rings. The van der Waals surface area contributed by atoms with Gasteiger partial charge in [-0.1, -0.05) is 6.92 Å². The summed E-state index contributed by atoms with van der Waals surface area (Å²) in [6.45, 7) is 6.05. The number of hydrogen-bond acceptors (Lipinski definition) is 3. The van der Waals surface area contributed by atoms with Crippen LogP contribution in [0.5, 0.6) is 0 Å². The van der Waals surface area contributed by atoms with E-state index in [1.807, 2.05) is 12.1 Å². The minimum absolute atomic E-state index is 0.117. The molecule has 3 heteroatoms. The fourth-order valence-electron chi connectivity index (χ4n) is 2.31. The molecule has 2 heterocycles. The second-order valence-electron chi connectivity index (χ2n) is 4.27. The van der Waals surface area contributed by atoms with Crippen LogP contribution in [0.4, 0.5) is 0 Å². The lowest BCUT2D eigenvalue weighted by molar-refractivity contribution is -0.0177. The molecule has 1 N–H and O–H groups in total. The number of likely N-dealkylation sites (N-methyl/N-ethyl adjacent to an activating group) is 1. The Morgan fingerprint density at radius 2 is 2.47 bits per heavy atom. The van der Waals surface area contributed by atoms with Crippen molar-refractivity contribution in [2.24, 2.45) is 0 Å². The topological polar surface area (TPSA) is 34.4 Å². The molecule has 2 rings (SSSR count). The molecule has 0 radical (unpaired) electrons. The summed E-state index contributed by atoms with van der Waals surface area (Å²) in [5.41, 5.74) is -0.117. The van der Waals surface area contributed by atoms with E-state index in [0.717, 1.165) is 31.8 Å². The van der Waals surface area contributed by atoms with E-state index in [0.29, 0.717) is 0 Å². The Morgan fingerprint density at radius 3 is 3.00 bits per heavy atom. The Labute approximate surface area is 90.8 Å². The van der Waals surface area contributed by atoms with Crippen LogP contribution in [0.1, 0.15) is 38.5 Å². The first-order valence-electron chi connectivity index (χ1n) is 5.67. The van der Waals surface area contributed by atoms with Gasteiger partial charge in [0.25, 0.3) is 0 Å². The third kappa shape index (κ3) is 2.08. The maximum Gasteiger partial charge on any atom is 0.123 e. The summed E-state index contributed by atoms with van der Waals surface area (Å²) in [5.74, 6) is 0.973. The Bertz CT molecular complexity index is 289. The standard InChI is InChI=1S/C12H19NO2/c1-3-13-11(10-6-4-8-14-10)12(2)7-5-9-15-12/h4,6,8,11,13H,3,5,7,9H2,1-2H3. The van der Waals surface area contributed by atoms with E-state index < -0.39 is 0 Å². The highest BCUT2D eigenvalue weighted by Gasteiger charge is 2.40. The minimum atomic E-state index is -0.117. The van der Waals surface area contributed by atoms with E-state index in [4.69, 9.17) is 9.15 Å². The molecule has 15 heavy (non-hydrogen) atoms. The van der Waals surface area contributed by atoms with Crippen LogP contribution in [0.25, 0.3) is 0 Å². The molecule has 0 spiro atoms. The average molecular weight is 209 g/mol. The largest absolute Gasteiger partial charge is 0.468 e. The van der Waals surface area contributed by atoms with E-state index >= 15 is 0 Å². The molecule has 1 aromatic rings. The molecule has 0 aromatic carbocycles. The molecule has 84 valence electrons. The minimum Gasteiger partial charge on any atom is -0.468 e. The Morgan fingerprint density at radius 1 is 1.60 bits per heavy atom. The lowest BCUT2D eigenvalue weighted by Crippen LogP contribution is -2.41. The van der Waals surface area contributed by atoms with E-state index in [1.54, 1.807) is 6.26 Å². The molecule has 3 nitrogen and oxygen atoms in total. The van der Waals surface area contributed by atoms with Gasteiger partial charge in [0.05, 0.1) is 17.9 Å². The van der Waals surface area contributed by atoms with Crippen molar-refractivity contribution < 1.29 is 9.15 Å². The van der Waals surface area contributed by atoms with Gasteiger partial charge in [-0.25, -0.2) is 0 Å². The molecule has 1 aromatic heterocycles. The zero-order valence-corrected chi connectivity index (χ0v) is 9.45. The van der Waals surface area contributed by atoms with Gasteiger partial charge in [-0.15, -0.1) is 0 Å². The summed E-state index contributed by atoms with van der Waals surface area (Å²) in [4.78, 5) is 0. The van der Waals surface area contributed by atoms with Crippen molar-refractivity contribution in [3.63, 3.8) is 0 Å². The number of hydrogen-bond donors (Lipinski definition) is 1. The van der Waals surface area contributed by atoms with Gasteiger partial charge in [-0.3, -0.25) is 0 Å². The molecule has 0 aliphatic carbocycles. The maximum absolute atomic E-state index is 5.86. The van der Waals surface area contributed by atoms with Crippen molar-refractivity contribution in [1.29, 1.82) is 0 Å². The van der Waals surface area contributed by atoms with Crippen molar-refractivity contribution in [1.82, 2.24) is 5.32 Å². The smallest absolute Gasteiger partial charge is 0.123 e. The third-order valence-corrected chi connectivity index (χ3v) is 3.10. The highest BCUT2D eigenvalue weighted by atomic mass is 16.5. The van der Waals surface area contributed by atoms with E-state index in [2.05, 4.69) is 19.2 Å². The Hall–Kier alpha value is -0.800. The zero-order valence-electron chi connectivity index (χ0n) is 9.45. The number of furan rings is 1. The second kappa shape index (κ2) is 4.37. The average Bonchev–Trinajstić information content (AvgIpc) is 2.85. The quantitative estimate of drug-likeness (QED) is 0.827. The van der Waals surface area contributed by atoms with Crippen molar-refractivity contribution in [3.8, 4) is 0 Å². The molecule has 0 saturated carbocycles. The van der Waals surface area contributed by atoms with Gasteiger partial charge in [0.2, 0.25) is 0 Å². The zero-order chi connectivity index (χ0) is 10.7. The van der Waals surface area contributed by atoms with Gasteiger partial charge in [0.1, 0.15) is 5.76 Å². The molecule has 1 aliphatic heterocycles. The Kier molecular flexibility index (Phi) is 3.12. The molecule has 2 atom stereocenters. The van der Waals surface area contributed by atoms with Crippen LogP contribution < -0.4 is 5.32 Å². The number of rotatable bonds is 4. The summed E-state index contributed by atoms with van der Waals surface area (Å²) < 4.78 is 11.3. The third-order valence-electron chi connectivity index (χ3n) is 3.10. The van der Waals surface area contributed by atoms with Gasteiger partial charge >= 0.3 is 0 Å². The van der Waals surface area contributed by atoms with Crippen molar-refractivity contribution >= 4 is 0 Å². The van der Waals surface area contributed by atoms with Crippen LogP contribution in [-0.2, 0) is 4.74 Å². The maximum atomic E-state index is 5.86. The first-order valence-corrected chi connectivity index (χ1v) is 5.67. The van der Waals surface area contributed by atoms with E-state index in [9.17, 15) is 0 Å². The number of nitrogens with one attached hydrogen (secondary N) is 1. The molecule has 1 saturated heterocycles. The van der Waals surface area contributed by atoms with Crippen LogP contribution in [-0.4, -0.2) is 18.8 Å². The fourth-order valence-corrected chi connectivity index (χ4v) is 2.31. The molecular weight excluding hydrogens is 190 g/mol. The van der Waals surface area contributed by atoms with Crippen LogP contribution in [0.2, 0.25) is 0 Å². The van der Waals surface area contributed by atoms with Crippen LogP contribution in [0.3, 0.4) is 0 Å². The fraction of sp³-hybridized carbons (Fsp3) is 0.667. The molecule has 0 amide bonds. The van der Waals surface area contributed by atoms with Gasteiger partial charge in [0.15, 0.2) is 0 Å². The van der Waals surface area contributed by atoms with Crippen molar-refractivity contribution in [2.45, 2.75) is 38.3 Å². The van der Waals surface area contributed by atoms with Crippen molar-refractivity contribution in [3.05, 3.63) is 24.2 Å². The normalized spacial score (nSPS) is 28.1. The van der Waals surface area contributed by atoms with E-state index in [-0.39, 0.29) is 11.6 Å². The molecule has 2 unspecified atom stereocenters. The highest BCUT2D eigenvalue weighted by Crippen LogP contribution is 2.37. The Balaban J connectivity index is 2.19. The predicted octanol–water partition coefficient (Wildman–Crippen LogP) is 2.50. The molecule has 1 aliphatic rings. The molecule has 0 bridgehead atoms. The summed E-state index contributed by atoms with van der Waals surface area (Å²) in [6, 6.07) is 4.11. The highest BCUT2D eigenvalue weighted by molar-refractivity contribution is 5.11. The molecular formula is C12H19NO2. The van der Waals surface area contributed by atoms with Crippen LogP contribution in [0, 0.1) is 0 Å². The number of ether oxygens (including phenoxy) is 1. The lowest BCUT2D eigenvalue weighted by Gasteiger charge is -2.32. The predicted molar refractivity (Wildman–Crippen MR) is 58.7 cm³/mol. The van der Waals surface area contributed by atoms with Crippen LogP contribution in [0.15, 0.2) is 22.8 Å². The van der Waals surface area contributed by atoms with Gasteiger partial charge in [-0.2, -0.15) is 0 Å². The van der Waals surface area contributed by atoms with E-state index in [1.165, 1.54) is 0 Å². The summed E-state index contributed by atoms with van der Waals surface area (Å²) >= 11 is 0. The van der Waals surface area contributed by atoms with Gasteiger partial charge in [0, 0.05) is 6.61 Å². The first-order chi connectivity index (χ1) is 7.26. The van der Waals surface area contributed by atoms with Gasteiger partial charge < -0.3 is 14.5 Å². The summed E-state index contributed by atoms with van der Waals surface area (Å²) in [5, 5.41) is 3.45. The van der Waals surface area contributed by atoms with Crippen molar-refractivity contribution in [2.75, 3.05) is 13.2 Å². The lowest BCUT2D eigenvalue weighted by atomic mass is 9.91. The van der Waals surface area contributed by atoms with Crippen LogP contribution >= 0.6 is 0 Å². The monoisotopic (exact) mass is 209 g/mol. The SMILES string of the molecule is CCNC(c1ccco1)C1(C)CCCO1. The second-order valence-corrected chi connectivity index (χ2v) is 4.27.